The molecule has 1 aliphatic heterocycles. The quantitative estimate of drug-likeness (QED) is 0.923. The normalized spacial score (nSPS) is 17.2. The Bertz CT molecular complexity index is 770. The molecular weight excluding hydrogens is 333 g/mol. The minimum Gasteiger partial charge on any atom is -0.344 e. The van der Waals surface area contributed by atoms with E-state index in [1.165, 1.54) is 17.0 Å². The maximum atomic E-state index is 13.6. The molecule has 2 amide bonds. The summed E-state index contributed by atoms with van der Waals surface area (Å²) in [5, 5.41) is 2.73. The second-order valence-corrected chi connectivity index (χ2v) is 5.94. The van der Waals surface area contributed by atoms with Crippen molar-refractivity contribution in [1.29, 1.82) is 0 Å². The Balaban J connectivity index is 1.63. The third-order valence-electron chi connectivity index (χ3n) is 3.84. The first-order valence-corrected chi connectivity index (χ1v) is 7.87. The van der Waals surface area contributed by atoms with Gasteiger partial charge in [-0.15, -0.1) is 0 Å². The lowest BCUT2D eigenvalue weighted by atomic mass is 10.2. The summed E-state index contributed by atoms with van der Waals surface area (Å²) < 4.78 is 13.6. The van der Waals surface area contributed by atoms with E-state index in [1.807, 2.05) is 0 Å². The van der Waals surface area contributed by atoms with E-state index in [1.54, 1.807) is 30.6 Å². The fourth-order valence-electron chi connectivity index (χ4n) is 2.66. The van der Waals surface area contributed by atoms with E-state index in [0.717, 1.165) is 5.56 Å². The number of rotatable bonds is 4. The van der Waals surface area contributed by atoms with E-state index >= 15 is 0 Å². The van der Waals surface area contributed by atoms with Gasteiger partial charge in [0.15, 0.2) is 0 Å². The number of aromatic nitrogens is 1. The average Bonchev–Trinajstić information content (AvgIpc) is 2.92. The van der Waals surface area contributed by atoms with Crippen molar-refractivity contribution in [2.75, 3.05) is 11.4 Å². The fraction of sp³-hybridized carbons (Fsp3) is 0.235. The number of pyridine rings is 1. The topological polar surface area (TPSA) is 62.3 Å². The molecule has 1 saturated heterocycles. The lowest BCUT2D eigenvalue weighted by molar-refractivity contribution is -0.126. The van der Waals surface area contributed by atoms with Crippen LogP contribution in [0.25, 0.3) is 0 Å². The fourth-order valence-corrected chi connectivity index (χ4v) is 2.77. The molecular formula is C17H15ClFN3O2. The van der Waals surface area contributed by atoms with Crippen LogP contribution in [0.4, 0.5) is 10.1 Å². The van der Waals surface area contributed by atoms with Crippen molar-refractivity contribution in [2.45, 2.75) is 18.9 Å². The number of carbonyl (C=O) groups is 2. The zero-order valence-corrected chi connectivity index (χ0v) is 13.5. The highest BCUT2D eigenvalue weighted by Crippen LogP contribution is 2.25. The van der Waals surface area contributed by atoms with Crippen LogP contribution < -0.4 is 10.2 Å². The van der Waals surface area contributed by atoms with E-state index in [-0.39, 0.29) is 23.3 Å². The number of carbonyl (C=O) groups excluding carboxylic acids is 2. The lowest BCUT2D eigenvalue weighted by Gasteiger charge is -2.17. The molecule has 5 nitrogen and oxygen atoms in total. The molecule has 1 atom stereocenters. The highest BCUT2D eigenvalue weighted by molar-refractivity contribution is 6.30. The van der Waals surface area contributed by atoms with Crippen molar-refractivity contribution in [2.24, 2.45) is 0 Å². The predicted octanol–water partition coefficient (Wildman–Crippen LogP) is 2.34. The summed E-state index contributed by atoms with van der Waals surface area (Å²) in [5.74, 6) is -1.08. The average molecular weight is 348 g/mol. The highest BCUT2D eigenvalue weighted by atomic mass is 35.5. The molecule has 0 bridgehead atoms. The van der Waals surface area contributed by atoms with Gasteiger partial charge in [-0.3, -0.25) is 14.6 Å². The first kappa shape index (κ1) is 16.4. The van der Waals surface area contributed by atoms with Crippen LogP contribution >= 0.6 is 11.6 Å². The minimum atomic E-state index is -0.604. The van der Waals surface area contributed by atoms with Gasteiger partial charge >= 0.3 is 0 Å². The van der Waals surface area contributed by atoms with Gasteiger partial charge in [0.25, 0.3) is 0 Å². The molecule has 0 saturated carbocycles. The van der Waals surface area contributed by atoms with Crippen LogP contribution in [0.15, 0.2) is 42.7 Å². The van der Waals surface area contributed by atoms with Gasteiger partial charge in [-0.25, -0.2) is 4.39 Å². The molecule has 7 heteroatoms. The molecule has 1 N–H and O–H groups in total. The van der Waals surface area contributed by atoms with Crippen molar-refractivity contribution < 1.29 is 14.0 Å². The number of amides is 2. The summed E-state index contributed by atoms with van der Waals surface area (Å²) in [6, 6.07) is 7.16. The third kappa shape index (κ3) is 3.54. The van der Waals surface area contributed by atoms with E-state index in [9.17, 15) is 14.0 Å². The molecule has 1 aromatic carbocycles. The van der Waals surface area contributed by atoms with Gasteiger partial charge in [0.1, 0.15) is 11.9 Å². The number of hydrogen-bond donors (Lipinski definition) is 1. The first-order chi connectivity index (χ1) is 11.5. The Hall–Kier alpha value is -2.47. The molecule has 1 aromatic heterocycles. The second-order valence-electron chi connectivity index (χ2n) is 5.54. The molecule has 0 spiro atoms. The number of anilines is 1. The summed E-state index contributed by atoms with van der Waals surface area (Å²) >= 11 is 5.66. The van der Waals surface area contributed by atoms with E-state index in [0.29, 0.717) is 18.7 Å². The van der Waals surface area contributed by atoms with E-state index < -0.39 is 11.9 Å². The van der Waals surface area contributed by atoms with Gasteiger partial charge in [0, 0.05) is 24.6 Å². The molecule has 1 fully saturated rings. The van der Waals surface area contributed by atoms with Gasteiger partial charge < -0.3 is 10.2 Å². The van der Waals surface area contributed by atoms with Crippen LogP contribution in [0.1, 0.15) is 12.0 Å². The Morgan fingerprint density at radius 2 is 2.25 bits per heavy atom. The van der Waals surface area contributed by atoms with Crippen LogP contribution in [0, 0.1) is 5.82 Å². The number of benzene rings is 1. The molecule has 24 heavy (non-hydrogen) atoms. The highest BCUT2D eigenvalue weighted by Gasteiger charge is 2.33. The van der Waals surface area contributed by atoms with Gasteiger partial charge in [0.2, 0.25) is 11.8 Å². The Morgan fingerprint density at radius 1 is 1.42 bits per heavy atom. The van der Waals surface area contributed by atoms with Gasteiger partial charge in [0.05, 0.1) is 11.4 Å². The van der Waals surface area contributed by atoms with Crippen LogP contribution in [0.5, 0.6) is 0 Å². The van der Waals surface area contributed by atoms with Crippen molar-refractivity contribution >= 4 is 29.1 Å². The number of halogens is 2. The maximum Gasteiger partial charge on any atom is 0.249 e. The minimum absolute atomic E-state index is 0.00622. The molecule has 1 aliphatic rings. The van der Waals surface area contributed by atoms with Crippen LogP contribution in [0.3, 0.4) is 0 Å². The lowest BCUT2D eigenvalue weighted by Crippen LogP contribution is -2.42. The molecule has 0 aliphatic carbocycles. The van der Waals surface area contributed by atoms with Gasteiger partial charge in [-0.2, -0.15) is 0 Å². The Morgan fingerprint density at radius 3 is 2.96 bits per heavy atom. The zero-order chi connectivity index (χ0) is 17.1. The van der Waals surface area contributed by atoms with Crippen LogP contribution in [0.2, 0.25) is 5.02 Å². The summed E-state index contributed by atoms with van der Waals surface area (Å²) in [6.45, 7) is 0.414. The molecule has 2 aromatic rings. The third-order valence-corrected chi connectivity index (χ3v) is 4.15. The van der Waals surface area contributed by atoms with Crippen molar-refractivity contribution in [3.05, 3.63) is 59.1 Å². The van der Waals surface area contributed by atoms with E-state index in [2.05, 4.69) is 10.3 Å². The molecule has 2 heterocycles. The van der Waals surface area contributed by atoms with E-state index in [4.69, 9.17) is 11.6 Å². The number of nitrogens with one attached hydrogen (secondary N) is 1. The van der Waals surface area contributed by atoms with Gasteiger partial charge in [-0.1, -0.05) is 17.7 Å². The predicted molar refractivity (Wildman–Crippen MR) is 88.3 cm³/mol. The smallest absolute Gasteiger partial charge is 0.249 e. The van der Waals surface area contributed by atoms with Crippen LogP contribution in [-0.2, 0) is 16.0 Å². The van der Waals surface area contributed by atoms with Crippen LogP contribution in [-0.4, -0.2) is 29.4 Å². The summed E-state index contributed by atoms with van der Waals surface area (Å²) in [6.07, 6.45) is 3.87. The summed E-state index contributed by atoms with van der Waals surface area (Å²) in [4.78, 5) is 29.9. The standard InChI is InChI=1S/C17H15ClFN3O2/c18-13-4-3-12(9-14(13)19)22-7-5-15(17(22)24)21-16(23)8-11-2-1-6-20-10-11/h1-4,6,9-10,15H,5,7-8H2,(H,21,23)/t15-/m0/s1. The maximum absolute atomic E-state index is 13.6. The monoisotopic (exact) mass is 347 g/mol. The van der Waals surface area contributed by atoms with Crippen molar-refractivity contribution in [3.63, 3.8) is 0 Å². The first-order valence-electron chi connectivity index (χ1n) is 7.49. The summed E-state index contributed by atoms with van der Waals surface area (Å²) in [5.41, 5.74) is 1.21. The van der Waals surface area contributed by atoms with Gasteiger partial charge in [-0.05, 0) is 36.2 Å². The Kier molecular flexibility index (Phi) is 4.76. The molecule has 3 rings (SSSR count). The molecule has 124 valence electrons. The largest absolute Gasteiger partial charge is 0.344 e. The second kappa shape index (κ2) is 6.97. The Labute approximate surface area is 143 Å². The van der Waals surface area contributed by atoms with Crippen molar-refractivity contribution in [3.8, 4) is 0 Å². The SMILES string of the molecule is O=C(Cc1cccnc1)N[C@H]1CCN(c2ccc(Cl)c(F)c2)C1=O. The number of nitrogens with zero attached hydrogens (tertiary/aromatic N) is 2. The molecule has 0 unspecified atom stereocenters. The number of hydrogen-bond acceptors (Lipinski definition) is 3. The molecule has 0 radical (unpaired) electrons. The zero-order valence-electron chi connectivity index (χ0n) is 12.7. The van der Waals surface area contributed by atoms with Crippen molar-refractivity contribution in [1.82, 2.24) is 10.3 Å². The summed E-state index contributed by atoms with van der Waals surface area (Å²) in [7, 11) is 0.